The normalized spacial score (nSPS) is 12.1. The summed E-state index contributed by atoms with van der Waals surface area (Å²) in [5, 5.41) is 21.5. The zero-order valence-electron chi connectivity index (χ0n) is 16.2. The molecule has 3 aromatic rings. The van der Waals surface area contributed by atoms with Gasteiger partial charge in [-0.05, 0) is 46.4 Å². The molecule has 0 heterocycles. The second-order valence-electron chi connectivity index (χ2n) is 7.15. The lowest BCUT2D eigenvalue weighted by molar-refractivity contribution is 0.0696. The zero-order valence-corrected chi connectivity index (χ0v) is 16.2. The van der Waals surface area contributed by atoms with Crippen LogP contribution in [-0.4, -0.2) is 35.4 Å². The zero-order chi connectivity index (χ0) is 21.1. The van der Waals surface area contributed by atoms with Crippen LogP contribution in [0.5, 0.6) is 5.75 Å². The fourth-order valence-corrected chi connectivity index (χ4v) is 3.86. The first-order valence-corrected chi connectivity index (χ1v) is 9.68. The lowest BCUT2D eigenvalue weighted by Gasteiger charge is -2.14. The summed E-state index contributed by atoms with van der Waals surface area (Å²) < 4.78 is 5.47. The number of ether oxygens (including phenoxy) is 1. The van der Waals surface area contributed by atoms with Crippen LogP contribution in [0, 0.1) is 0 Å². The minimum atomic E-state index is -1.10. The number of carboxylic acids is 1. The smallest absolute Gasteiger partial charge is 0.407 e. The van der Waals surface area contributed by atoms with Crippen molar-refractivity contribution in [2.45, 2.75) is 12.3 Å². The van der Waals surface area contributed by atoms with Crippen molar-refractivity contribution < 1.29 is 24.5 Å². The van der Waals surface area contributed by atoms with Gasteiger partial charge in [0.05, 0.1) is 5.56 Å². The summed E-state index contributed by atoms with van der Waals surface area (Å²) in [5.74, 6) is -1.21. The minimum Gasteiger partial charge on any atom is -0.508 e. The SMILES string of the molecule is O=C(NCCc1ccc(C(=O)O)cc1O)OCC1c2ccccc2-c2ccccc21. The van der Waals surface area contributed by atoms with Gasteiger partial charge in [0.1, 0.15) is 12.4 Å². The highest BCUT2D eigenvalue weighted by Gasteiger charge is 2.28. The summed E-state index contributed by atoms with van der Waals surface area (Å²) in [6.45, 7) is 0.495. The van der Waals surface area contributed by atoms with Crippen molar-refractivity contribution in [3.05, 3.63) is 89.0 Å². The minimum absolute atomic E-state index is 0.00393. The molecule has 0 saturated heterocycles. The molecule has 0 aliphatic heterocycles. The second-order valence-corrected chi connectivity index (χ2v) is 7.15. The van der Waals surface area contributed by atoms with E-state index in [0.717, 1.165) is 11.1 Å². The van der Waals surface area contributed by atoms with Crippen LogP contribution in [0.3, 0.4) is 0 Å². The molecule has 6 heteroatoms. The molecule has 1 amide bonds. The van der Waals surface area contributed by atoms with E-state index in [9.17, 15) is 14.7 Å². The van der Waals surface area contributed by atoms with Gasteiger partial charge in [-0.25, -0.2) is 9.59 Å². The topological polar surface area (TPSA) is 95.9 Å². The second kappa shape index (κ2) is 8.29. The lowest BCUT2D eigenvalue weighted by Crippen LogP contribution is -2.28. The van der Waals surface area contributed by atoms with Crippen LogP contribution in [0.15, 0.2) is 66.7 Å². The predicted molar refractivity (Wildman–Crippen MR) is 112 cm³/mol. The summed E-state index contributed by atoms with van der Waals surface area (Å²) in [7, 11) is 0. The first-order chi connectivity index (χ1) is 14.5. The van der Waals surface area contributed by atoms with E-state index in [4.69, 9.17) is 9.84 Å². The largest absolute Gasteiger partial charge is 0.508 e. The van der Waals surface area contributed by atoms with Gasteiger partial charge in [-0.1, -0.05) is 54.6 Å². The Hall–Kier alpha value is -3.80. The van der Waals surface area contributed by atoms with Gasteiger partial charge in [0.15, 0.2) is 0 Å². The molecular formula is C24H21NO5. The monoisotopic (exact) mass is 403 g/mol. The standard InChI is InChI=1S/C24H21NO5/c26-22-13-16(23(27)28)10-9-15(22)11-12-25-24(29)30-14-21-19-7-3-1-5-17(19)18-6-2-4-8-20(18)21/h1-10,13,21,26H,11-12,14H2,(H,25,29)(H,27,28). The third-order valence-corrected chi connectivity index (χ3v) is 5.34. The Kier molecular flexibility index (Phi) is 5.39. The number of aromatic hydroxyl groups is 1. The number of amides is 1. The average molecular weight is 403 g/mol. The van der Waals surface area contributed by atoms with Gasteiger partial charge in [0.25, 0.3) is 0 Å². The number of aromatic carboxylic acids is 1. The van der Waals surface area contributed by atoms with Crippen molar-refractivity contribution in [1.82, 2.24) is 5.32 Å². The number of carbonyl (C=O) groups is 2. The fourth-order valence-electron chi connectivity index (χ4n) is 3.86. The molecule has 0 aromatic heterocycles. The van der Waals surface area contributed by atoms with Crippen LogP contribution in [-0.2, 0) is 11.2 Å². The Morgan fingerprint density at radius 1 is 0.933 bits per heavy atom. The highest BCUT2D eigenvalue weighted by Crippen LogP contribution is 2.44. The summed E-state index contributed by atoms with van der Waals surface area (Å²) in [6.07, 6.45) is -0.172. The number of carbonyl (C=O) groups excluding carboxylic acids is 1. The van der Waals surface area contributed by atoms with Gasteiger partial charge in [0, 0.05) is 12.5 Å². The maximum Gasteiger partial charge on any atom is 0.407 e. The molecule has 3 aromatic carbocycles. The van der Waals surface area contributed by atoms with E-state index in [1.165, 1.54) is 29.3 Å². The van der Waals surface area contributed by atoms with Gasteiger partial charge in [-0.2, -0.15) is 0 Å². The molecule has 3 N–H and O–H groups in total. The molecule has 0 radical (unpaired) electrons. The quantitative estimate of drug-likeness (QED) is 0.574. The Morgan fingerprint density at radius 3 is 2.17 bits per heavy atom. The van der Waals surface area contributed by atoms with Gasteiger partial charge >= 0.3 is 12.1 Å². The van der Waals surface area contributed by atoms with Crippen molar-refractivity contribution in [3.8, 4) is 16.9 Å². The Balaban J connectivity index is 1.33. The van der Waals surface area contributed by atoms with E-state index in [0.29, 0.717) is 12.0 Å². The number of rotatable bonds is 6. The molecular weight excluding hydrogens is 382 g/mol. The van der Waals surface area contributed by atoms with E-state index >= 15 is 0 Å². The Morgan fingerprint density at radius 2 is 1.57 bits per heavy atom. The molecule has 0 fully saturated rings. The van der Waals surface area contributed by atoms with E-state index in [-0.39, 0.29) is 30.4 Å². The highest BCUT2D eigenvalue weighted by molar-refractivity contribution is 5.88. The Bertz CT molecular complexity index is 1060. The molecule has 4 rings (SSSR count). The van der Waals surface area contributed by atoms with Gasteiger partial charge in [-0.3, -0.25) is 0 Å². The number of hydrogen-bond acceptors (Lipinski definition) is 4. The highest BCUT2D eigenvalue weighted by atomic mass is 16.5. The van der Waals surface area contributed by atoms with Crippen LogP contribution >= 0.6 is 0 Å². The third-order valence-electron chi connectivity index (χ3n) is 5.34. The van der Waals surface area contributed by atoms with Crippen molar-refractivity contribution in [2.24, 2.45) is 0 Å². The van der Waals surface area contributed by atoms with Gasteiger partial charge in [0.2, 0.25) is 0 Å². The molecule has 0 spiro atoms. The number of hydrogen-bond donors (Lipinski definition) is 3. The van der Waals surface area contributed by atoms with E-state index in [1.807, 2.05) is 24.3 Å². The van der Waals surface area contributed by atoms with E-state index in [2.05, 4.69) is 29.6 Å². The van der Waals surface area contributed by atoms with Crippen molar-refractivity contribution in [1.29, 1.82) is 0 Å². The Labute approximate surface area is 173 Å². The third kappa shape index (κ3) is 3.85. The molecule has 152 valence electrons. The van der Waals surface area contributed by atoms with Crippen LogP contribution < -0.4 is 5.32 Å². The van der Waals surface area contributed by atoms with Crippen LogP contribution in [0.25, 0.3) is 11.1 Å². The number of phenolic OH excluding ortho intramolecular Hbond substituents is 1. The van der Waals surface area contributed by atoms with Crippen molar-refractivity contribution in [3.63, 3.8) is 0 Å². The molecule has 0 atom stereocenters. The van der Waals surface area contributed by atoms with E-state index < -0.39 is 12.1 Å². The van der Waals surface area contributed by atoms with E-state index in [1.54, 1.807) is 0 Å². The molecule has 0 bridgehead atoms. The summed E-state index contributed by atoms with van der Waals surface area (Å²) in [4.78, 5) is 23.1. The number of benzene rings is 3. The van der Waals surface area contributed by atoms with Gasteiger partial charge < -0.3 is 20.3 Å². The maximum absolute atomic E-state index is 12.2. The van der Waals surface area contributed by atoms with Crippen LogP contribution in [0.4, 0.5) is 4.79 Å². The predicted octanol–water partition coefficient (Wildman–Crippen LogP) is 4.17. The summed E-state index contributed by atoms with van der Waals surface area (Å²) in [5.41, 5.74) is 5.20. The average Bonchev–Trinajstić information content (AvgIpc) is 3.07. The number of fused-ring (bicyclic) bond motifs is 3. The molecule has 30 heavy (non-hydrogen) atoms. The number of nitrogens with one attached hydrogen (secondary N) is 1. The number of carboxylic acid groups (broad SMARTS) is 1. The number of phenols is 1. The van der Waals surface area contributed by atoms with Crippen LogP contribution in [0.2, 0.25) is 0 Å². The number of alkyl carbamates (subject to hydrolysis) is 1. The van der Waals surface area contributed by atoms with Gasteiger partial charge in [-0.15, -0.1) is 0 Å². The van der Waals surface area contributed by atoms with Crippen molar-refractivity contribution in [2.75, 3.05) is 13.2 Å². The summed E-state index contributed by atoms with van der Waals surface area (Å²) >= 11 is 0. The van der Waals surface area contributed by atoms with Crippen LogP contribution in [0.1, 0.15) is 33.0 Å². The molecule has 1 aliphatic rings. The molecule has 1 aliphatic carbocycles. The first-order valence-electron chi connectivity index (χ1n) is 9.68. The maximum atomic E-state index is 12.2. The molecule has 0 saturated carbocycles. The fraction of sp³-hybridized carbons (Fsp3) is 0.167. The lowest BCUT2D eigenvalue weighted by atomic mass is 9.98. The first kappa shape index (κ1) is 19.5. The summed E-state index contributed by atoms with van der Waals surface area (Å²) in [6, 6.07) is 20.4. The molecule has 6 nitrogen and oxygen atoms in total. The van der Waals surface area contributed by atoms with Crippen molar-refractivity contribution >= 4 is 12.1 Å². The molecule has 0 unspecified atom stereocenters.